The van der Waals surface area contributed by atoms with E-state index < -0.39 is 26.1 Å². The Kier molecular flexibility index (Phi) is 6.14. The molecular weight excluding hydrogens is 472 g/mol. The van der Waals surface area contributed by atoms with Crippen LogP contribution < -0.4 is 4.72 Å². The molecule has 0 radical (unpaired) electrons. The first-order valence-corrected chi connectivity index (χ1v) is 13.9. The molecule has 2 aliphatic rings. The van der Waals surface area contributed by atoms with E-state index in [0.29, 0.717) is 5.56 Å². The van der Waals surface area contributed by atoms with Crippen molar-refractivity contribution in [1.82, 2.24) is 13.9 Å². The maximum atomic E-state index is 13.3. The summed E-state index contributed by atoms with van der Waals surface area (Å²) >= 11 is 1.17. The standard InChI is InChI=1S/C20H24N4O5S3/c1-14(2)18(21-19-15-6-3-4-7-16(15)31(26,27)22-19)20(25)23-9-11-24(12-10-23)32(28,29)17-8-5-13-30-17/h3-8,13-14,18H,9-12H2,1-2H3,(H,21,22). The molecule has 3 heterocycles. The molecule has 172 valence electrons. The Bertz CT molecular complexity index is 1250. The van der Waals surface area contributed by atoms with Gasteiger partial charge in [-0.25, -0.2) is 16.8 Å². The molecule has 0 spiro atoms. The summed E-state index contributed by atoms with van der Waals surface area (Å²) in [5.41, 5.74) is 0.442. The summed E-state index contributed by atoms with van der Waals surface area (Å²) in [7, 11) is -7.26. The minimum Gasteiger partial charge on any atom is -0.338 e. The van der Waals surface area contributed by atoms with E-state index in [2.05, 4.69) is 9.71 Å². The van der Waals surface area contributed by atoms with Crippen LogP contribution in [0.25, 0.3) is 0 Å². The van der Waals surface area contributed by atoms with Crippen molar-refractivity contribution < 1.29 is 21.6 Å². The Morgan fingerprint density at radius 2 is 1.78 bits per heavy atom. The summed E-state index contributed by atoms with van der Waals surface area (Å²) in [5.74, 6) is -0.268. The smallest absolute Gasteiger partial charge is 0.263 e. The maximum absolute atomic E-state index is 13.3. The fourth-order valence-corrected chi connectivity index (χ4v) is 7.54. The fraction of sp³-hybridized carbons (Fsp3) is 0.400. The predicted octanol–water partition coefficient (Wildman–Crippen LogP) is 1.34. The Balaban J connectivity index is 1.52. The summed E-state index contributed by atoms with van der Waals surface area (Å²) in [6.45, 7) is 4.59. The van der Waals surface area contributed by atoms with Gasteiger partial charge in [0.2, 0.25) is 5.91 Å². The molecule has 1 amide bonds. The number of hydrogen-bond acceptors (Lipinski definition) is 7. The second-order valence-electron chi connectivity index (χ2n) is 7.93. The zero-order valence-corrected chi connectivity index (χ0v) is 20.1. The van der Waals surface area contributed by atoms with E-state index >= 15 is 0 Å². The lowest BCUT2D eigenvalue weighted by molar-refractivity contribution is -0.134. The van der Waals surface area contributed by atoms with Gasteiger partial charge in [-0.2, -0.15) is 4.31 Å². The first kappa shape index (κ1) is 22.9. The van der Waals surface area contributed by atoms with E-state index in [-0.39, 0.29) is 52.9 Å². The van der Waals surface area contributed by atoms with Gasteiger partial charge < -0.3 is 4.90 Å². The van der Waals surface area contributed by atoms with Crippen LogP contribution in [-0.2, 0) is 24.8 Å². The van der Waals surface area contributed by atoms with Gasteiger partial charge in [0.25, 0.3) is 20.0 Å². The predicted molar refractivity (Wildman–Crippen MR) is 122 cm³/mol. The van der Waals surface area contributed by atoms with E-state index in [1.807, 2.05) is 13.8 Å². The van der Waals surface area contributed by atoms with Crippen LogP contribution in [0, 0.1) is 5.92 Å². The molecule has 4 rings (SSSR count). The van der Waals surface area contributed by atoms with Crippen LogP contribution in [0.15, 0.2) is 55.9 Å². The van der Waals surface area contributed by atoms with Gasteiger partial charge in [0.1, 0.15) is 16.1 Å². The Morgan fingerprint density at radius 1 is 1.09 bits per heavy atom. The van der Waals surface area contributed by atoms with Gasteiger partial charge in [-0.15, -0.1) is 11.3 Å². The van der Waals surface area contributed by atoms with E-state index in [4.69, 9.17) is 0 Å². The van der Waals surface area contributed by atoms with Crippen molar-refractivity contribution in [3.8, 4) is 0 Å². The van der Waals surface area contributed by atoms with Crippen LogP contribution in [0.2, 0.25) is 0 Å². The molecule has 1 aromatic heterocycles. The van der Waals surface area contributed by atoms with Crippen LogP contribution in [0.3, 0.4) is 0 Å². The lowest BCUT2D eigenvalue weighted by Gasteiger charge is -2.35. The second-order valence-corrected chi connectivity index (χ2v) is 12.7. The van der Waals surface area contributed by atoms with Crippen LogP contribution in [-0.4, -0.2) is 70.0 Å². The first-order chi connectivity index (χ1) is 15.1. The first-order valence-electron chi connectivity index (χ1n) is 10.1. The third kappa shape index (κ3) is 4.19. The molecule has 2 aliphatic heterocycles. The number of nitrogens with zero attached hydrogens (tertiary/aromatic N) is 3. The Labute approximate surface area is 191 Å². The van der Waals surface area contributed by atoms with Crippen molar-refractivity contribution in [2.24, 2.45) is 10.9 Å². The Hall–Kier alpha value is -2.28. The number of carbonyl (C=O) groups excluding carboxylic acids is 1. The summed E-state index contributed by atoms with van der Waals surface area (Å²) in [6.07, 6.45) is 0. The van der Waals surface area contributed by atoms with Crippen LogP contribution in [0.4, 0.5) is 0 Å². The van der Waals surface area contributed by atoms with Crippen molar-refractivity contribution in [1.29, 1.82) is 0 Å². The SMILES string of the molecule is CC(C)C(N=C1NS(=O)(=O)c2ccccc21)C(=O)N1CCN(S(=O)(=O)c2cccs2)CC1. The lowest BCUT2D eigenvalue weighted by atomic mass is 10.0. The zero-order chi connectivity index (χ0) is 23.1. The highest BCUT2D eigenvalue weighted by molar-refractivity contribution is 7.91. The van der Waals surface area contributed by atoms with Crippen molar-refractivity contribution in [3.05, 3.63) is 47.3 Å². The summed E-state index contributed by atoms with van der Waals surface area (Å²) in [4.78, 5) is 19.5. The number of rotatable bonds is 5. The molecule has 1 atom stereocenters. The quantitative estimate of drug-likeness (QED) is 0.671. The van der Waals surface area contributed by atoms with Crippen molar-refractivity contribution in [2.75, 3.05) is 26.2 Å². The van der Waals surface area contributed by atoms with Gasteiger partial charge in [-0.05, 0) is 29.5 Å². The van der Waals surface area contributed by atoms with E-state index in [1.165, 1.54) is 21.7 Å². The number of sulfonamides is 2. The van der Waals surface area contributed by atoms with E-state index in [9.17, 15) is 21.6 Å². The number of aliphatic imine (C=N–C) groups is 1. The van der Waals surface area contributed by atoms with Crippen molar-refractivity contribution >= 4 is 43.1 Å². The van der Waals surface area contributed by atoms with E-state index in [1.54, 1.807) is 40.6 Å². The number of piperazine rings is 1. The molecule has 0 aliphatic carbocycles. The molecule has 1 saturated heterocycles. The molecule has 9 nitrogen and oxygen atoms in total. The number of hydrogen-bond donors (Lipinski definition) is 1. The van der Waals surface area contributed by atoms with E-state index in [0.717, 1.165) is 0 Å². The molecule has 1 fully saturated rings. The van der Waals surface area contributed by atoms with Crippen LogP contribution >= 0.6 is 11.3 Å². The Morgan fingerprint density at radius 3 is 2.41 bits per heavy atom. The number of fused-ring (bicyclic) bond motifs is 1. The number of amidine groups is 1. The molecular formula is C20H24N4O5S3. The average molecular weight is 497 g/mol. The van der Waals surface area contributed by atoms with Gasteiger partial charge in [0.05, 0.1) is 4.90 Å². The normalized spacial score (nSPS) is 20.8. The molecule has 1 aromatic carbocycles. The highest BCUT2D eigenvalue weighted by Crippen LogP contribution is 2.25. The number of benzene rings is 1. The molecule has 1 unspecified atom stereocenters. The number of nitrogens with one attached hydrogen (secondary N) is 1. The van der Waals surface area contributed by atoms with Gasteiger partial charge in [-0.1, -0.05) is 32.0 Å². The molecule has 32 heavy (non-hydrogen) atoms. The summed E-state index contributed by atoms with van der Waals surface area (Å²) < 4.78 is 54.3. The number of amides is 1. The third-order valence-corrected chi connectivity index (χ3v) is 10.1. The van der Waals surface area contributed by atoms with Gasteiger partial charge >= 0.3 is 0 Å². The topological polar surface area (TPSA) is 116 Å². The molecule has 2 aromatic rings. The van der Waals surface area contributed by atoms with Crippen molar-refractivity contribution in [3.63, 3.8) is 0 Å². The van der Waals surface area contributed by atoms with Gasteiger partial charge in [0.15, 0.2) is 0 Å². The summed E-state index contributed by atoms with van der Waals surface area (Å²) in [6, 6.07) is 8.98. The lowest BCUT2D eigenvalue weighted by Crippen LogP contribution is -2.53. The minimum absolute atomic E-state index is 0.140. The second kappa shape index (κ2) is 8.58. The molecule has 12 heteroatoms. The summed E-state index contributed by atoms with van der Waals surface area (Å²) in [5, 5.41) is 1.72. The third-order valence-electron chi connectivity index (χ3n) is 5.45. The van der Waals surface area contributed by atoms with Gasteiger partial charge in [-0.3, -0.25) is 14.5 Å². The largest absolute Gasteiger partial charge is 0.338 e. The molecule has 0 saturated carbocycles. The molecule has 1 N–H and O–H groups in total. The number of carbonyl (C=O) groups is 1. The van der Waals surface area contributed by atoms with Gasteiger partial charge in [0, 0.05) is 31.7 Å². The highest BCUT2D eigenvalue weighted by Gasteiger charge is 2.36. The van der Waals surface area contributed by atoms with Crippen LogP contribution in [0.1, 0.15) is 19.4 Å². The molecule has 0 bridgehead atoms. The zero-order valence-electron chi connectivity index (χ0n) is 17.6. The van der Waals surface area contributed by atoms with Crippen LogP contribution in [0.5, 0.6) is 0 Å². The fourth-order valence-electron chi connectivity index (χ4n) is 3.73. The number of thiophene rings is 1. The average Bonchev–Trinajstić information content (AvgIpc) is 3.39. The maximum Gasteiger partial charge on any atom is 0.263 e. The minimum atomic E-state index is -3.70. The highest BCUT2D eigenvalue weighted by atomic mass is 32.2. The van der Waals surface area contributed by atoms with Crippen molar-refractivity contribution in [2.45, 2.75) is 29.0 Å². The monoisotopic (exact) mass is 496 g/mol.